The van der Waals surface area contributed by atoms with Gasteiger partial charge in [-0.3, -0.25) is 9.69 Å². The first kappa shape index (κ1) is 12.2. The molecule has 1 heterocycles. The molecular formula is C11H19NO3. The number of methoxy groups -OCH3 is 1. The molecule has 1 atom stereocenters. The third kappa shape index (κ3) is 4.44. The van der Waals surface area contributed by atoms with Crippen molar-refractivity contribution in [1.29, 1.82) is 0 Å². The van der Waals surface area contributed by atoms with Crippen molar-refractivity contribution in [3.63, 3.8) is 0 Å². The lowest BCUT2D eigenvalue weighted by atomic mass is 10.2. The molecule has 0 amide bonds. The summed E-state index contributed by atoms with van der Waals surface area (Å²) in [5.41, 5.74) is 1.13. The molecule has 1 fully saturated rings. The van der Waals surface area contributed by atoms with Gasteiger partial charge in [-0.1, -0.05) is 12.2 Å². The third-order valence-corrected chi connectivity index (χ3v) is 2.34. The Bertz CT molecular complexity index is 240. The molecule has 0 aliphatic carbocycles. The lowest BCUT2D eigenvalue weighted by Crippen LogP contribution is -2.43. The smallest absolute Gasteiger partial charge is 0.308 e. The van der Waals surface area contributed by atoms with E-state index in [0.29, 0.717) is 13.0 Å². The van der Waals surface area contributed by atoms with Crippen LogP contribution in [-0.4, -0.2) is 50.3 Å². The first-order chi connectivity index (χ1) is 7.11. The van der Waals surface area contributed by atoms with Crippen LogP contribution in [0.15, 0.2) is 12.2 Å². The maximum atomic E-state index is 11.1. The summed E-state index contributed by atoms with van der Waals surface area (Å²) in [6.45, 7) is 9.12. The van der Waals surface area contributed by atoms with Crippen LogP contribution >= 0.6 is 0 Å². The monoisotopic (exact) mass is 213 g/mol. The zero-order chi connectivity index (χ0) is 11.3. The highest BCUT2D eigenvalue weighted by Crippen LogP contribution is 2.10. The summed E-state index contributed by atoms with van der Waals surface area (Å²) in [5.74, 6) is -0.211. The molecule has 0 aromatic rings. The number of nitrogens with zero attached hydrogens (tertiary/aromatic N) is 1. The van der Waals surface area contributed by atoms with Crippen LogP contribution in [0, 0.1) is 0 Å². The number of rotatable bonds is 4. The molecule has 1 rings (SSSR count). The maximum Gasteiger partial charge on any atom is 0.308 e. The fourth-order valence-corrected chi connectivity index (χ4v) is 1.70. The Hall–Kier alpha value is -0.870. The van der Waals surface area contributed by atoms with E-state index in [2.05, 4.69) is 16.2 Å². The Labute approximate surface area is 90.8 Å². The van der Waals surface area contributed by atoms with E-state index in [1.54, 1.807) is 0 Å². The molecular weight excluding hydrogens is 194 g/mol. The first-order valence-electron chi connectivity index (χ1n) is 5.17. The standard InChI is InChI=1S/C11H19NO3/c1-9(2)7-12-4-5-15-10(8-12)6-11(13)14-3/h10H,1,4-8H2,2-3H3/t10-/m1/s1. The van der Waals surface area contributed by atoms with Crippen LogP contribution in [0.2, 0.25) is 0 Å². The number of hydrogen-bond donors (Lipinski definition) is 0. The molecule has 0 N–H and O–H groups in total. The Morgan fingerprint density at radius 1 is 1.67 bits per heavy atom. The molecule has 0 aromatic carbocycles. The third-order valence-electron chi connectivity index (χ3n) is 2.34. The highest BCUT2D eigenvalue weighted by Gasteiger charge is 2.22. The molecule has 0 spiro atoms. The number of esters is 1. The lowest BCUT2D eigenvalue weighted by Gasteiger charge is -2.32. The van der Waals surface area contributed by atoms with Crippen LogP contribution in [0.25, 0.3) is 0 Å². The van der Waals surface area contributed by atoms with E-state index in [4.69, 9.17) is 4.74 Å². The Morgan fingerprint density at radius 2 is 2.40 bits per heavy atom. The molecule has 4 nitrogen and oxygen atoms in total. The van der Waals surface area contributed by atoms with Crippen molar-refractivity contribution in [3.8, 4) is 0 Å². The average Bonchev–Trinajstić information content (AvgIpc) is 2.17. The second-order valence-electron chi connectivity index (χ2n) is 3.97. The second kappa shape index (κ2) is 5.88. The fourth-order valence-electron chi connectivity index (χ4n) is 1.70. The molecule has 0 radical (unpaired) electrons. The molecule has 1 saturated heterocycles. The number of carbonyl (C=O) groups is 1. The van der Waals surface area contributed by atoms with Crippen LogP contribution in [0.3, 0.4) is 0 Å². The minimum Gasteiger partial charge on any atom is -0.469 e. The largest absolute Gasteiger partial charge is 0.469 e. The van der Waals surface area contributed by atoms with E-state index in [0.717, 1.165) is 25.2 Å². The predicted octanol–water partition coefficient (Wildman–Crippen LogP) is 0.826. The molecule has 4 heteroatoms. The van der Waals surface area contributed by atoms with Crippen molar-refractivity contribution in [2.45, 2.75) is 19.4 Å². The highest BCUT2D eigenvalue weighted by molar-refractivity contribution is 5.69. The summed E-state index contributed by atoms with van der Waals surface area (Å²) in [6, 6.07) is 0. The Balaban J connectivity index is 2.35. The van der Waals surface area contributed by atoms with Crippen LogP contribution in [-0.2, 0) is 14.3 Å². The van der Waals surface area contributed by atoms with Gasteiger partial charge < -0.3 is 9.47 Å². The summed E-state index contributed by atoms with van der Waals surface area (Å²) in [4.78, 5) is 13.3. The van der Waals surface area contributed by atoms with Crippen molar-refractivity contribution in [1.82, 2.24) is 4.90 Å². The molecule has 15 heavy (non-hydrogen) atoms. The van der Waals surface area contributed by atoms with Gasteiger partial charge in [0, 0.05) is 19.6 Å². The number of ether oxygens (including phenoxy) is 2. The van der Waals surface area contributed by atoms with Crippen LogP contribution in [0.1, 0.15) is 13.3 Å². The lowest BCUT2D eigenvalue weighted by molar-refractivity contribution is -0.145. The molecule has 1 aliphatic rings. The van der Waals surface area contributed by atoms with Crippen LogP contribution < -0.4 is 0 Å². The maximum absolute atomic E-state index is 11.1. The topological polar surface area (TPSA) is 38.8 Å². The summed E-state index contributed by atoms with van der Waals surface area (Å²) in [5, 5.41) is 0. The van der Waals surface area contributed by atoms with E-state index in [-0.39, 0.29) is 12.1 Å². The van der Waals surface area contributed by atoms with Gasteiger partial charge >= 0.3 is 5.97 Å². The SMILES string of the molecule is C=C(C)CN1CCO[C@H](CC(=O)OC)C1. The minimum atomic E-state index is -0.211. The summed E-state index contributed by atoms with van der Waals surface area (Å²) >= 11 is 0. The van der Waals surface area contributed by atoms with E-state index >= 15 is 0 Å². The molecule has 0 unspecified atom stereocenters. The summed E-state index contributed by atoms with van der Waals surface area (Å²) < 4.78 is 10.1. The summed E-state index contributed by atoms with van der Waals surface area (Å²) in [6.07, 6.45) is 0.300. The van der Waals surface area contributed by atoms with Crippen LogP contribution in [0.4, 0.5) is 0 Å². The number of morpholine rings is 1. The van der Waals surface area contributed by atoms with E-state index in [1.807, 2.05) is 6.92 Å². The van der Waals surface area contributed by atoms with E-state index in [1.165, 1.54) is 7.11 Å². The van der Waals surface area contributed by atoms with Gasteiger partial charge in [0.05, 0.1) is 26.2 Å². The van der Waals surface area contributed by atoms with E-state index < -0.39 is 0 Å². The first-order valence-corrected chi connectivity index (χ1v) is 5.17. The molecule has 0 bridgehead atoms. The Morgan fingerprint density at radius 3 is 3.00 bits per heavy atom. The highest BCUT2D eigenvalue weighted by atomic mass is 16.5. The zero-order valence-electron chi connectivity index (χ0n) is 9.49. The van der Waals surface area contributed by atoms with Crippen molar-refractivity contribution in [2.24, 2.45) is 0 Å². The number of carbonyl (C=O) groups excluding carboxylic acids is 1. The van der Waals surface area contributed by atoms with Gasteiger partial charge in [0.2, 0.25) is 0 Å². The van der Waals surface area contributed by atoms with E-state index in [9.17, 15) is 4.79 Å². The zero-order valence-corrected chi connectivity index (χ0v) is 9.49. The van der Waals surface area contributed by atoms with Crippen LogP contribution in [0.5, 0.6) is 0 Å². The molecule has 0 saturated carbocycles. The summed E-state index contributed by atoms with van der Waals surface area (Å²) in [7, 11) is 1.40. The Kier molecular flexibility index (Phi) is 4.78. The average molecular weight is 213 g/mol. The van der Waals surface area contributed by atoms with Gasteiger partial charge in [0.25, 0.3) is 0 Å². The molecule has 86 valence electrons. The van der Waals surface area contributed by atoms with Gasteiger partial charge in [0.1, 0.15) is 0 Å². The van der Waals surface area contributed by atoms with Crippen molar-refractivity contribution in [2.75, 3.05) is 33.4 Å². The second-order valence-corrected chi connectivity index (χ2v) is 3.97. The van der Waals surface area contributed by atoms with Gasteiger partial charge in [-0.05, 0) is 6.92 Å². The van der Waals surface area contributed by atoms with Gasteiger partial charge in [-0.2, -0.15) is 0 Å². The number of hydrogen-bond acceptors (Lipinski definition) is 4. The van der Waals surface area contributed by atoms with Gasteiger partial charge in [-0.25, -0.2) is 0 Å². The predicted molar refractivity (Wildman–Crippen MR) is 57.6 cm³/mol. The van der Waals surface area contributed by atoms with Crippen molar-refractivity contribution >= 4 is 5.97 Å². The normalized spacial score (nSPS) is 22.4. The van der Waals surface area contributed by atoms with Crippen molar-refractivity contribution < 1.29 is 14.3 Å². The van der Waals surface area contributed by atoms with Gasteiger partial charge in [-0.15, -0.1) is 0 Å². The minimum absolute atomic E-state index is 0.0365. The molecule has 0 aromatic heterocycles. The van der Waals surface area contributed by atoms with Crippen molar-refractivity contribution in [3.05, 3.63) is 12.2 Å². The fraction of sp³-hybridized carbons (Fsp3) is 0.727. The quantitative estimate of drug-likeness (QED) is 0.512. The molecule has 1 aliphatic heterocycles. The van der Waals surface area contributed by atoms with Gasteiger partial charge in [0.15, 0.2) is 0 Å².